The van der Waals surface area contributed by atoms with Crippen LogP contribution in [0.5, 0.6) is 11.5 Å². The first-order valence-corrected chi connectivity index (χ1v) is 12.9. The normalized spacial score (nSPS) is 14.2. The van der Waals surface area contributed by atoms with Crippen molar-refractivity contribution in [2.75, 3.05) is 18.5 Å². The summed E-state index contributed by atoms with van der Waals surface area (Å²) in [6.45, 7) is 5.54. The fraction of sp³-hybridized carbons (Fsp3) is 0.519. The molecule has 0 amide bonds. The Morgan fingerprint density at radius 1 is 1.03 bits per heavy atom. The van der Waals surface area contributed by atoms with Gasteiger partial charge in [0.15, 0.2) is 11.5 Å². The molecule has 1 aliphatic rings. The first-order chi connectivity index (χ1) is 17.1. The molecule has 8 heteroatoms. The van der Waals surface area contributed by atoms with E-state index in [4.69, 9.17) is 14.5 Å². The molecule has 0 atom stereocenters. The Morgan fingerprint density at radius 3 is 2.43 bits per heavy atom. The van der Waals surface area contributed by atoms with Crippen molar-refractivity contribution in [1.29, 1.82) is 0 Å². The van der Waals surface area contributed by atoms with Crippen LogP contribution in [0.15, 0.2) is 36.5 Å². The Kier molecular flexibility index (Phi) is 8.45. The fourth-order valence-corrected chi connectivity index (χ4v) is 4.46. The highest BCUT2D eigenvalue weighted by Gasteiger charge is 2.22. The Hall–Kier alpha value is -3.29. The molecule has 8 nitrogen and oxygen atoms in total. The van der Waals surface area contributed by atoms with Crippen molar-refractivity contribution in [2.45, 2.75) is 77.7 Å². The lowest BCUT2D eigenvalue weighted by Gasteiger charge is -2.24. The van der Waals surface area contributed by atoms with Gasteiger partial charge in [0.2, 0.25) is 0 Å². The molecule has 0 aliphatic heterocycles. The van der Waals surface area contributed by atoms with Gasteiger partial charge >= 0.3 is 0 Å². The van der Waals surface area contributed by atoms with Crippen LogP contribution >= 0.6 is 0 Å². The van der Waals surface area contributed by atoms with Gasteiger partial charge in [-0.05, 0) is 49.9 Å². The molecule has 1 aromatic carbocycles. The zero-order valence-electron chi connectivity index (χ0n) is 20.8. The number of ether oxygens (including phenoxy) is 2. The lowest BCUT2D eigenvalue weighted by Crippen LogP contribution is -2.23. The molecule has 188 valence electrons. The molecule has 0 radical (unpaired) electrons. The van der Waals surface area contributed by atoms with E-state index in [1.165, 1.54) is 25.3 Å². The van der Waals surface area contributed by atoms with E-state index in [-0.39, 0.29) is 10.6 Å². The number of nitrogens with zero attached hydrogens (tertiary/aromatic N) is 3. The molecule has 1 fully saturated rings. The lowest BCUT2D eigenvalue weighted by atomic mass is 9.95. The summed E-state index contributed by atoms with van der Waals surface area (Å²) in [5.41, 5.74) is 2.36. The van der Waals surface area contributed by atoms with Crippen molar-refractivity contribution >= 4 is 17.2 Å². The summed E-state index contributed by atoms with van der Waals surface area (Å²) in [7, 11) is 0. The summed E-state index contributed by atoms with van der Waals surface area (Å²) in [5, 5.41) is 15.1. The molecule has 0 bridgehead atoms. The number of hydrogen-bond acceptors (Lipinski definition) is 6. The van der Waals surface area contributed by atoms with E-state index in [0.717, 1.165) is 61.3 Å². The Bertz CT molecular complexity index is 1140. The van der Waals surface area contributed by atoms with Gasteiger partial charge < -0.3 is 14.8 Å². The second-order valence-electron chi connectivity index (χ2n) is 9.23. The molecule has 2 heterocycles. The summed E-state index contributed by atoms with van der Waals surface area (Å²) >= 11 is 0. The monoisotopic (exact) mass is 480 g/mol. The average molecular weight is 481 g/mol. The van der Waals surface area contributed by atoms with Gasteiger partial charge in [-0.25, -0.2) is 4.98 Å². The van der Waals surface area contributed by atoms with E-state index < -0.39 is 0 Å². The molecule has 4 rings (SSSR count). The number of aromatic nitrogens is 2. The Balaban J connectivity index is 1.75. The summed E-state index contributed by atoms with van der Waals surface area (Å²) in [6.07, 6.45) is 11.4. The molecular formula is C27H36N4O4. The van der Waals surface area contributed by atoms with Gasteiger partial charge in [0.1, 0.15) is 17.2 Å². The SMILES string of the molecule is CCCCOc1ccc(-c2nc3ccc([N+](=O)[O-])cn3c2NC2CCCCC2)cc1OCCCC. The highest BCUT2D eigenvalue weighted by molar-refractivity contribution is 5.78. The summed E-state index contributed by atoms with van der Waals surface area (Å²) in [4.78, 5) is 16.0. The fourth-order valence-electron chi connectivity index (χ4n) is 4.46. The number of anilines is 1. The number of unbranched alkanes of at least 4 members (excludes halogenated alkanes) is 2. The molecule has 0 saturated heterocycles. The minimum atomic E-state index is -0.369. The minimum absolute atomic E-state index is 0.0383. The number of fused-ring (bicyclic) bond motifs is 1. The number of nitrogens with one attached hydrogen (secondary N) is 1. The quantitative estimate of drug-likeness (QED) is 0.170. The van der Waals surface area contributed by atoms with Crippen molar-refractivity contribution in [1.82, 2.24) is 9.38 Å². The van der Waals surface area contributed by atoms with Gasteiger partial charge in [-0.2, -0.15) is 0 Å². The van der Waals surface area contributed by atoms with Crippen molar-refractivity contribution in [3.8, 4) is 22.8 Å². The third-order valence-electron chi connectivity index (χ3n) is 6.49. The summed E-state index contributed by atoms with van der Waals surface area (Å²) in [6, 6.07) is 9.45. The van der Waals surface area contributed by atoms with Gasteiger partial charge in [-0.15, -0.1) is 0 Å². The van der Waals surface area contributed by atoms with E-state index in [9.17, 15) is 10.1 Å². The molecule has 1 N–H and O–H groups in total. The predicted molar refractivity (Wildman–Crippen MR) is 139 cm³/mol. The maximum Gasteiger partial charge on any atom is 0.286 e. The molecule has 1 saturated carbocycles. The van der Waals surface area contributed by atoms with Crippen LogP contribution in [-0.2, 0) is 0 Å². The Morgan fingerprint density at radius 2 is 1.74 bits per heavy atom. The highest BCUT2D eigenvalue weighted by Crippen LogP contribution is 2.37. The smallest absolute Gasteiger partial charge is 0.286 e. The predicted octanol–water partition coefficient (Wildman–Crippen LogP) is 7.01. The first-order valence-electron chi connectivity index (χ1n) is 12.9. The van der Waals surface area contributed by atoms with Gasteiger partial charge in [-0.1, -0.05) is 46.0 Å². The minimum Gasteiger partial charge on any atom is -0.490 e. The van der Waals surface area contributed by atoms with E-state index in [1.807, 2.05) is 22.6 Å². The van der Waals surface area contributed by atoms with Crippen LogP contribution in [0, 0.1) is 10.1 Å². The highest BCUT2D eigenvalue weighted by atomic mass is 16.6. The van der Waals surface area contributed by atoms with Crippen LogP contribution in [0.2, 0.25) is 0 Å². The zero-order valence-corrected chi connectivity index (χ0v) is 20.8. The van der Waals surface area contributed by atoms with Gasteiger partial charge in [-0.3, -0.25) is 14.5 Å². The van der Waals surface area contributed by atoms with Gasteiger partial charge in [0.25, 0.3) is 5.69 Å². The molecule has 35 heavy (non-hydrogen) atoms. The van der Waals surface area contributed by atoms with Crippen LogP contribution in [0.1, 0.15) is 71.6 Å². The second-order valence-corrected chi connectivity index (χ2v) is 9.23. The van der Waals surface area contributed by atoms with E-state index in [2.05, 4.69) is 19.2 Å². The third kappa shape index (κ3) is 6.05. The number of hydrogen-bond donors (Lipinski definition) is 1. The zero-order chi connectivity index (χ0) is 24.6. The van der Waals surface area contributed by atoms with Crippen LogP contribution in [-0.4, -0.2) is 33.6 Å². The molecule has 0 unspecified atom stereocenters. The summed E-state index contributed by atoms with van der Waals surface area (Å²) in [5.74, 6) is 2.23. The van der Waals surface area contributed by atoms with Crippen molar-refractivity contribution in [3.63, 3.8) is 0 Å². The molecule has 0 spiro atoms. The number of imidazole rings is 1. The Labute approximate surface area is 206 Å². The number of benzene rings is 1. The number of pyridine rings is 1. The van der Waals surface area contributed by atoms with Gasteiger partial charge in [0, 0.05) is 17.7 Å². The van der Waals surface area contributed by atoms with E-state index in [0.29, 0.717) is 30.7 Å². The molecule has 3 aromatic rings. The number of nitro groups is 1. The average Bonchev–Trinajstić information content (AvgIpc) is 3.23. The van der Waals surface area contributed by atoms with Crippen LogP contribution in [0.4, 0.5) is 11.5 Å². The largest absolute Gasteiger partial charge is 0.490 e. The van der Waals surface area contributed by atoms with Gasteiger partial charge in [0.05, 0.1) is 24.3 Å². The van der Waals surface area contributed by atoms with E-state index >= 15 is 0 Å². The van der Waals surface area contributed by atoms with Crippen molar-refractivity contribution in [3.05, 3.63) is 46.6 Å². The third-order valence-corrected chi connectivity index (χ3v) is 6.49. The second kappa shape index (κ2) is 11.9. The van der Waals surface area contributed by atoms with Crippen LogP contribution in [0.3, 0.4) is 0 Å². The van der Waals surface area contributed by atoms with Crippen molar-refractivity contribution in [2.24, 2.45) is 0 Å². The summed E-state index contributed by atoms with van der Waals surface area (Å²) < 4.78 is 13.9. The van der Waals surface area contributed by atoms with Crippen LogP contribution < -0.4 is 14.8 Å². The topological polar surface area (TPSA) is 90.9 Å². The van der Waals surface area contributed by atoms with E-state index in [1.54, 1.807) is 12.3 Å². The lowest BCUT2D eigenvalue weighted by molar-refractivity contribution is -0.385. The molecule has 2 aromatic heterocycles. The van der Waals surface area contributed by atoms with Crippen molar-refractivity contribution < 1.29 is 14.4 Å². The molecular weight excluding hydrogens is 444 g/mol. The first kappa shape index (κ1) is 24.8. The standard InChI is InChI=1S/C27H36N4O4/c1-3-5-16-34-23-14-12-20(18-24(23)35-17-6-4-2)26-27(28-21-10-8-7-9-11-21)30-19-22(31(32)33)13-15-25(30)29-26/h12-15,18-19,21,28H,3-11,16-17H2,1-2H3. The molecule has 1 aliphatic carbocycles. The maximum absolute atomic E-state index is 11.5. The van der Waals surface area contributed by atoms with Crippen LogP contribution in [0.25, 0.3) is 16.9 Å². The maximum atomic E-state index is 11.5. The number of rotatable bonds is 12.